The summed E-state index contributed by atoms with van der Waals surface area (Å²) < 4.78 is 0. The van der Waals surface area contributed by atoms with E-state index in [0.29, 0.717) is 29.5 Å². The molecule has 0 aliphatic carbocycles. The molecule has 3 rings (SSSR count). The minimum Gasteiger partial charge on any atom is -0.356 e. The summed E-state index contributed by atoms with van der Waals surface area (Å²) in [5.41, 5.74) is 1.68. The molecule has 1 aromatic carbocycles. The van der Waals surface area contributed by atoms with Crippen molar-refractivity contribution in [2.24, 2.45) is 5.92 Å². The van der Waals surface area contributed by atoms with Crippen LogP contribution >= 0.6 is 22.9 Å². The number of carbonyl (C=O) groups is 2. The number of aromatic nitrogens is 1. The van der Waals surface area contributed by atoms with Crippen molar-refractivity contribution in [2.45, 2.75) is 33.1 Å². The largest absolute Gasteiger partial charge is 0.356 e. The van der Waals surface area contributed by atoms with Gasteiger partial charge in [-0.05, 0) is 38.3 Å². The van der Waals surface area contributed by atoms with Crippen molar-refractivity contribution in [1.29, 1.82) is 0 Å². The summed E-state index contributed by atoms with van der Waals surface area (Å²) in [5, 5.41) is 4.42. The molecule has 1 fully saturated rings. The second kappa shape index (κ2) is 8.85. The van der Waals surface area contributed by atoms with E-state index in [2.05, 4.69) is 10.3 Å². The summed E-state index contributed by atoms with van der Waals surface area (Å²) >= 11 is 7.35. The number of amides is 2. The van der Waals surface area contributed by atoms with E-state index in [1.54, 1.807) is 4.90 Å². The van der Waals surface area contributed by atoms with Crippen molar-refractivity contribution in [2.75, 3.05) is 19.6 Å². The summed E-state index contributed by atoms with van der Waals surface area (Å²) in [6.45, 7) is 5.73. The number of nitrogens with zero attached hydrogens (tertiary/aromatic N) is 2. The number of likely N-dealkylation sites (tertiary alicyclic amines) is 1. The molecular formula is C20H24ClN3O2S. The smallest absolute Gasteiger partial charge is 0.265 e. The van der Waals surface area contributed by atoms with Gasteiger partial charge in [0.2, 0.25) is 5.91 Å². The zero-order valence-electron chi connectivity index (χ0n) is 15.6. The van der Waals surface area contributed by atoms with E-state index < -0.39 is 0 Å². The van der Waals surface area contributed by atoms with E-state index in [1.807, 2.05) is 38.1 Å². The lowest BCUT2D eigenvalue weighted by Crippen LogP contribution is -2.45. The Bertz CT molecular complexity index is 819. The van der Waals surface area contributed by atoms with Crippen LogP contribution in [0.1, 0.15) is 41.6 Å². The molecule has 7 heteroatoms. The third-order valence-electron chi connectivity index (χ3n) is 4.71. The zero-order valence-corrected chi connectivity index (χ0v) is 17.2. The second-order valence-electron chi connectivity index (χ2n) is 6.82. The molecule has 144 valence electrons. The first-order valence-electron chi connectivity index (χ1n) is 9.30. The van der Waals surface area contributed by atoms with Crippen molar-refractivity contribution < 1.29 is 9.59 Å². The molecule has 1 aromatic heterocycles. The molecule has 27 heavy (non-hydrogen) atoms. The van der Waals surface area contributed by atoms with Gasteiger partial charge in [0.15, 0.2) is 0 Å². The van der Waals surface area contributed by atoms with Gasteiger partial charge >= 0.3 is 0 Å². The van der Waals surface area contributed by atoms with Crippen LogP contribution in [0.3, 0.4) is 0 Å². The van der Waals surface area contributed by atoms with Gasteiger partial charge in [-0.2, -0.15) is 0 Å². The Kier molecular flexibility index (Phi) is 6.50. The molecule has 1 unspecified atom stereocenters. The van der Waals surface area contributed by atoms with E-state index >= 15 is 0 Å². The highest BCUT2D eigenvalue weighted by molar-refractivity contribution is 7.17. The predicted octanol–water partition coefficient (Wildman–Crippen LogP) is 4.15. The molecule has 0 bridgehead atoms. The van der Waals surface area contributed by atoms with Crippen LogP contribution in [0.25, 0.3) is 10.6 Å². The van der Waals surface area contributed by atoms with Crippen molar-refractivity contribution >= 4 is 34.8 Å². The standard InChI is InChI=1S/C20H24ClN3O2S/c1-3-10-22-18(25)15-5-4-11-24(12-15)20(26)17-13(2)23-19(27-17)14-6-8-16(21)9-7-14/h6-9,15H,3-5,10-12H2,1-2H3,(H,22,25). The number of rotatable bonds is 5. The minimum absolute atomic E-state index is 0.0294. The highest BCUT2D eigenvalue weighted by Crippen LogP contribution is 2.30. The molecule has 1 atom stereocenters. The third kappa shape index (κ3) is 4.68. The van der Waals surface area contributed by atoms with Crippen LogP contribution in [0.4, 0.5) is 0 Å². The van der Waals surface area contributed by atoms with Crippen LogP contribution < -0.4 is 5.32 Å². The first kappa shape index (κ1) is 19.8. The average molecular weight is 406 g/mol. The molecule has 1 saturated heterocycles. The maximum Gasteiger partial charge on any atom is 0.265 e. The molecule has 0 saturated carbocycles. The van der Waals surface area contributed by atoms with Gasteiger partial charge in [0.05, 0.1) is 11.6 Å². The van der Waals surface area contributed by atoms with Crippen LogP contribution in [-0.4, -0.2) is 41.3 Å². The van der Waals surface area contributed by atoms with Crippen LogP contribution in [-0.2, 0) is 4.79 Å². The van der Waals surface area contributed by atoms with Crippen LogP contribution in [0.2, 0.25) is 5.02 Å². The van der Waals surface area contributed by atoms with E-state index in [4.69, 9.17) is 11.6 Å². The molecule has 0 radical (unpaired) electrons. The Morgan fingerprint density at radius 3 is 2.78 bits per heavy atom. The van der Waals surface area contributed by atoms with Crippen molar-refractivity contribution in [3.05, 3.63) is 39.9 Å². The van der Waals surface area contributed by atoms with Gasteiger partial charge in [-0.1, -0.05) is 30.7 Å². The molecule has 2 amide bonds. The van der Waals surface area contributed by atoms with E-state index in [-0.39, 0.29) is 17.7 Å². The highest BCUT2D eigenvalue weighted by atomic mass is 35.5. The molecule has 2 aromatic rings. The van der Waals surface area contributed by atoms with Crippen LogP contribution in [0, 0.1) is 12.8 Å². The predicted molar refractivity (Wildman–Crippen MR) is 109 cm³/mol. The highest BCUT2D eigenvalue weighted by Gasteiger charge is 2.30. The monoisotopic (exact) mass is 405 g/mol. The fourth-order valence-corrected chi connectivity index (χ4v) is 4.39. The van der Waals surface area contributed by atoms with Crippen molar-refractivity contribution in [3.8, 4) is 10.6 Å². The van der Waals surface area contributed by atoms with E-state index in [9.17, 15) is 9.59 Å². The zero-order chi connectivity index (χ0) is 19.4. The number of hydrogen-bond acceptors (Lipinski definition) is 4. The summed E-state index contributed by atoms with van der Waals surface area (Å²) in [5.74, 6) is -0.103. The number of benzene rings is 1. The lowest BCUT2D eigenvalue weighted by molar-refractivity contribution is -0.126. The van der Waals surface area contributed by atoms with Gasteiger partial charge in [0.25, 0.3) is 5.91 Å². The molecule has 0 spiro atoms. The summed E-state index contributed by atoms with van der Waals surface area (Å²) in [7, 11) is 0. The van der Waals surface area contributed by atoms with E-state index in [1.165, 1.54) is 11.3 Å². The number of nitrogens with one attached hydrogen (secondary N) is 1. The van der Waals surface area contributed by atoms with Gasteiger partial charge in [0, 0.05) is 30.2 Å². The number of piperidine rings is 1. The van der Waals surface area contributed by atoms with Crippen molar-refractivity contribution in [3.63, 3.8) is 0 Å². The molecule has 5 nitrogen and oxygen atoms in total. The first-order valence-corrected chi connectivity index (χ1v) is 10.5. The third-order valence-corrected chi connectivity index (χ3v) is 6.16. The SMILES string of the molecule is CCCNC(=O)C1CCCN(C(=O)c2sc(-c3ccc(Cl)cc3)nc2C)C1. The van der Waals surface area contributed by atoms with Crippen LogP contribution in [0.5, 0.6) is 0 Å². The molecular weight excluding hydrogens is 382 g/mol. The lowest BCUT2D eigenvalue weighted by atomic mass is 9.97. The van der Waals surface area contributed by atoms with Crippen molar-refractivity contribution in [1.82, 2.24) is 15.2 Å². The maximum absolute atomic E-state index is 13.0. The maximum atomic E-state index is 13.0. The Balaban J connectivity index is 1.73. The number of aryl methyl sites for hydroxylation is 1. The Morgan fingerprint density at radius 1 is 1.33 bits per heavy atom. The van der Waals surface area contributed by atoms with Gasteiger partial charge in [-0.25, -0.2) is 4.98 Å². The molecule has 2 heterocycles. The normalized spacial score (nSPS) is 17.0. The number of thiazole rings is 1. The minimum atomic E-state index is -0.127. The van der Waals surface area contributed by atoms with Gasteiger partial charge in [-0.15, -0.1) is 11.3 Å². The topological polar surface area (TPSA) is 62.3 Å². The number of halogens is 1. The number of carbonyl (C=O) groups excluding carboxylic acids is 2. The average Bonchev–Trinajstić information content (AvgIpc) is 3.07. The lowest BCUT2D eigenvalue weighted by Gasteiger charge is -2.31. The summed E-state index contributed by atoms with van der Waals surface area (Å²) in [4.78, 5) is 32.3. The van der Waals surface area contributed by atoms with Gasteiger partial charge in [-0.3, -0.25) is 9.59 Å². The molecule has 1 aliphatic rings. The van der Waals surface area contributed by atoms with E-state index in [0.717, 1.165) is 35.5 Å². The number of hydrogen-bond donors (Lipinski definition) is 1. The summed E-state index contributed by atoms with van der Waals surface area (Å²) in [6, 6.07) is 7.45. The quantitative estimate of drug-likeness (QED) is 0.812. The fourth-order valence-electron chi connectivity index (χ4n) is 3.22. The Labute approximate surface area is 168 Å². The van der Waals surface area contributed by atoms with Gasteiger partial charge in [0.1, 0.15) is 9.88 Å². The second-order valence-corrected chi connectivity index (χ2v) is 8.26. The van der Waals surface area contributed by atoms with Gasteiger partial charge < -0.3 is 10.2 Å². The first-order chi connectivity index (χ1) is 13.0. The fraction of sp³-hybridized carbons (Fsp3) is 0.450. The Hall–Kier alpha value is -1.92. The summed E-state index contributed by atoms with van der Waals surface area (Å²) in [6.07, 6.45) is 2.59. The Morgan fingerprint density at radius 2 is 2.07 bits per heavy atom. The van der Waals surface area contributed by atoms with Crippen LogP contribution in [0.15, 0.2) is 24.3 Å². The molecule has 1 aliphatic heterocycles. The molecule has 1 N–H and O–H groups in total.